The van der Waals surface area contributed by atoms with E-state index in [1.807, 2.05) is 0 Å². The Morgan fingerprint density at radius 1 is 1.30 bits per heavy atom. The van der Waals surface area contributed by atoms with Gasteiger partial charge in [0, 0.05) is 6.20 Å². The van der Waals surface area contributed by atoms with E-state index in [0.717, 1.165) is 0 Å². The molecule has 0 saturated carbocycles. The highest BCUT2D eigenvalue weighted by Crippen LogP contribution is 2.51. The lowest BCUT2D eigenvalue weighted by atomic mass is 9.92. The van der Waals surface area contributed by atoms with Gasteiger partial charge in [-0.2, -0.15) is 4.98 Å². The number of carbonyl (C=O) groups is 1. The van der Waals surface area contributed by atoms with Crippen LogP contribution in [-0.2, 0) is 23.4 Å². The molecule has 1 aliphatic heterocycles. The Hall–Kier alpha value is -3.29. The highest BCUT2D eigenvalue weighted by atomic mass is 31.2. The first-order chi connectivity index (χ1) is 18.9. The van der Waals surface area contributed by atoms with Crippen LogP contribution in [0.4, 0.5) is 10.3 Å². The van der Waals surface area contributed by atoms with E-state index in [0.29, 0.717) is 0 Å². The molecule has 4 rings (SSSR count). The molecule has 0 spiro atoms. The molecule has 0 radical (unpaired) electrons. The lowest BCUT2D eigenvalue weighted by Gasteiger charge is -2.30. The first-order valence-electron chi connectivity index (χ1n) is 12.6. The number of nitrogens with two attached hydrogens (primary N) is 2. The number of aliphatic hydroxyl groups is 1. The zero-order valence-electron chi connectivity index (χ0n) is 22.2. The summed E-state index contributed by atoms with van der Waals surface area (Å²) in [4.78, 5) is 31.2. The normalized spacial score (nSPS) is 25.1. The van der Waals surface area contributed by atoms with Crippen LogP contribution in [0.5, 0.6) is 5.75 Å². The smallest absolute Gasteiger partial charge is 0.380 e. The third-order valence-electron chi connectivity index (χ3n) is 6.43. The number of ether oxygens (including phenoxy) is 2. The monoisotopic (exact) mass is 581 g/mol. The molecule has 13 nitrogen and oxygen atoms in total. The summed E-state index contributed by atoms with van der Waals surface area (Å²) in [6.07, 6.45) is -3.55. The van der Waals surface area contributed by atoms with E-state index in [9.17, 15) is 23.7 Å². The Balaban J connectivity index is 1.58. The minimum absolute atomic E-state index is 0.0684. The molecule has 3 aromatic rings. The van der Waals surface area contributed by atoms with Crippen molar-refractivity contribution < 1.29 is 37.4 Å². The number of H-pyrrole nitrogens is 1. The number of aromatic amines is 1. The van der Waals surface area contributed by atoms with Crippen molar-refractivity contribution in [2.45, 2.75) is 50.8 Å². The van der Waals surface area contributed by atoms with E-state index in [1.54, 1.807) is 44.2 Å². The Labute approximate surface area is 229 Å². The highest BCUT2D eigenvalue weighted by molar-refractivity contribution is 7.54. The van der Waals surface area contributed by atoms with Gasteiger partial charge >= 0.3 is 13.6 Å². The van der Waals surface area contributed by atoms with Gasteiger partial charge in [-0.25, -0.2) is 8.96 Å². The third-order valence-corrected chi connectivity index (χ3v) is 8.45. The zero-order chi connectivity index (χ0) is 29.2. The van der Waals surface area contributed by atoms with Crippen molar-refractivity contribution >= 4 is 30.5 Å². The summed E-state index contributed by atoms with van der Waals surface area (Å²) < 4.78 is 52.1. The molecule has 6 atom stereocenters. The Morgan fingerprint density at radius 2 is 2.00 bits per heavy atom. The van der Waals surface area contributed by atoms with E-state index in [-0.39, 0.29) is 35.0 Å². The van der Waals surface area contributed by atoms with Gasteiger partial charge in [-0.3, -0.25) is 19.1 Å². The lowest BCUT2D eigenvalue weighted by Crippen LogP contribution is -2.56. The molecule has 3 heterocycles. The molecule has 218 valence electrons. The number of nitrogens with zero attached hydrogens (tertiary/aromatic N) is 2. The van der Waals surface area contributed by atoms with E-state index >= 15 is 0 Å². The molecule has 1 fully saturated rings. The number of benzene rings is 1. The quantitative estimate of drug-likeness (QED) is 0.191. The highest BCUT2D eigenvalue weighted by Gasteiger charge is 2.56. The molecule has 0 aliphatic carbocycles. The maximum absolute atomic E-state index is 14.4. The summed E-state index contributed by atoms with van der Waals surface area (Å²) in [7, 11) is -4.06. The standard InChI is InChI=1S/C25H33FN5O8P/c1-14(2)37-22(34)15(3)12-40(35,39-16-7-5-4-6-8-16)36-11-18-19(32)25(28,13-26)23(38-18)31-10-9-17-20(31)29-24(27)30-21(17)33/h4-10,14-15,18-19,23,32H,11-13,28H2,1-3H3,(H3,27,29,30,33)/t15-,18-,19+,23-,25?,40-/m1/s1. The number of nitrogens with one attached hydrogen (secondary N) is 1. The average Bonchev–Trinajstić information content (AvgIpc) is 3.42. The van der Waals surface area contributed by atoms with Gasteiger partial charge in [0.25, 0.3) is 5.56 Å². The molecule has 1 saturated heterocycles. The van der Waals surface area contributed by atoms with Crippen molar-refractivity contribution in [3.63, 3.8) is 0 Å². The van der Waals surface area contributed by atoms with Gasteiger partial charge in [0.15, 0.2) is 11.9 Å². The van der Waals surface area contributed by atoms with Crippen LogP contribution in [0.25, 0.3) is 11.0 Å². The van der Waals surface area contributed by atoms with E-state index in [1.165, 1.54) is 23.8 Å². The first-order valence-corrected chi connectivity index (χ1v) is 14.3. The fourth-order valence-electron chi connectivity index (χ4n) is 4.41. The Morgan fingerprint density at radius 3 is 2.65 bits per heavy atom. The number of hydrogen-bond acceptors (Lipinski definition) is 11. The maximum atomic E-state index is 14.4. The number of fused-ring (bicyclic) bond motifs is 1. The van der Waals surface area contributed by atoms with E-state index in [2.05, 4.69) is 9.97 Å². The van der Waals surface area contributed by atoms with Crippen LogP contribution in [0.1, 0.15) is 27.0 Å². The van der Waals surface area contributed by atoms with Crippen LogP contribution < -0.4 is 21.6 Å². The molecule has 0 amide bonds. The zero-order valence-corrected chi connectivity index (χ0v) is 23.1. The van der Waals surface area contributed by atoms with Crippen molar-refractivity contribution in [3.8, 4) is 5.75 Å². The van der Waals surface area contributed by atoms with Crippen LogP contribution in [0, 0.1) is 5.92 Å². The molecular formula is C25H33FN5O8P. The van der Waals surface area contributed by atoms with Gasteiger partial charge in [-0.05, 0) is 32.0 Å². The number of para-hydroxylation sites is 1. The number of hydrogen-bond donors (Lipinski definition) is 4. The maximum Gasteiger partial charge on any atom is 0.380 e. The number of esters is 1. The predicted octanol–water partition coefficient (Wildman–Crippen LogP) is 2.11. The van der Waals surface area contributed by atoms with Gasteiger partial charge in [0.2, 0.25) is 5.95 Å². The van der Waals surface area contributed by atoms with Crippen molar-refractivity contribution in [1.29, 1.82) is 0 Å². The first kappa shape index (κ1) is 29.7. The fraction of sp³-hybridized carbons (Fsp3) is 0.480. The van der Waals surface area contributed by atoms with Gasteiger partial charge in [0.1, 0.15) is 30.2 Å². The number of halogens is 1. The summed E-state index contributed by atoms with van der Waals surface area (Å²) in [5.74, 6) is -1.40. The minimum atomic E-state index is -4.06. The van der Waals surface area contributed by atoms with Crippen LogP contribution in [-0.4, -0.2) is 68.9 Å². The van der Waals surface area contributed by atoms with Crippen molar-refractivity contribution in [2.75, 3.05) is 25.2 Å². The number of nitrogen functional groups attached to an aromatic ring is 1. The van der Waals surface area contributed by atoms with Crippen LogP contribution in [0.15, 0.2) is 47.4 Å². The number of alkyl halides is 1. The summed E-state index contributed by atoms with van der Waals surface area (Å²) >= 11 is 0. The number of carbonyl (C=O) groups excluding carboxylic acids is 1. The summed E-state index contributed by atoms with van der Waals surface area (Å²) in [6, 6.07) is 9.64. The minimum Gasteiger partial charge on any atom is -0.463 e. The van der Waals surface area contributed by atoms with Crippen molar-refractivity contribution in [1.82, 2.24) is 14.5 Å². The predicted molar refractivity (Wildman–Crippen MR) is 143 cm³/mol. The lowest BCUT2D eigenvalue weighted by molar-refractivity contribution is -0.151. The molecule has 2 aromatic heterocycles. The number of aliphatic hydroxyl groups excluding tert-OH is 1. The second kappa shape index (κ2) is 11.7. The SMILES string of the molecule is CC(C)OC(=O)[C@H](C)C[P@@](=O)(OC[C@H]1O[C@@H](n2ccc3c(=O)[nH]c(N)nc32)C(N)(CF)[C@H]1O)Oc1ccccc1. The molecule has 0 bridgehead atoms. The fourth-order valence-corrected chi connectivity index (χ4v) is 6.28. The topological polar surface area (TPSA) is 194 Å². The molecule has 1 aromatic carbocycles. The van der Waals surface area contributed by atoms with Gasteiger partial charge in [-0.15, -0.1) is 0 Å². The summed E-state index contributed by atoms with van der Waals surface area (Å²) in [5, 5.41) is 11.2. The number of aromatic nitrogens is 3. The van der Waals surface area contributed by atoms with Crippen LogP contribution in [0.2, 0.25) is 0 Å². The number of anilines is 1. The largest absolute Gasteiger partial charge is 0.463 e. The molecule has 15 heteroatoms. The Kier molecular flexibility index (Phi) is 8.66. The van der Waals surface area contributed by atoms with Crippen LogP contribution in [0.3, 0.4) is 0 Å². The summed E-state index contributed by atoms with van der Waals surface area (Å²) in [6.45, 7) is 3.16. The van der Waals surface area contributed by atoms with E-state index in [4.69, 9.17) is 30.0 Å². The van der Waals surface area contributed by atoms with Crippen molar-refractivity contribution in [3.05, 3.63) is 52.9 Å². The molecule has 1 unspecified atom stereocenters. The van der Waals surface area contributed by atoms with E-state index < -0.39 is 62.3 Å². The second-order valence-corrected chi connectivity index (χ2v) is 12.0. The Bertz CT molecular complexity index is 1450. The second-order valence-electron chi connectivity index (χ2n) is 10.0. The molecule has 6 N–H and O–H groups in total. The van der Waals surface area contributed by atoms with Crippen LogP contribution >= 0.6 is 7.60 Å². The average molecular weight is 582 g/mol. The van der Waals surface area contributed by atoms with Gasteiger partial charge in [-0.1, -0.05) is 25.1 Å². The molecule has 40 heavy (non-hydrogen) atoms. The van der Waals surface area contributed by atoms with Gasteiger partial charge in [0.05, 0.1) is 30.2 Å². The number of rotatable bonds is 11. The van der Waals surface area contributed by atoms with Gasteiger partial charge < -0.3 is 35.1 Å². The summed E-state index contributed by atoms with van der Waals surface area (Å²) in [5.41, 5.74) is 9.53. The molecular weight excluding hydrogens is 548 g/mol. The molecule has 1 aliphatic rings. The van der Waals surface area contributed by atoms with Crippen molar-refractivity contribution in [2.24, 2.45) is 11.7 Å². The third kappa shape index (κ3) is 6.06.